The molecule has 2 aromatic rings. The second-order valence-electron chi connectivity index (χ2n) is 10.8. The lowest BCUT2D eigenvalue weighted by Gasteiger charge is -2.35. The van der Waals surface area contributed by atoms with E-state index in [1.807, 2.05) is 0 Å². The van der Waals surface area contributed by atoms with Gasteiger partial charge in [-0.25, -0.2) is 0 Å². The largest absolute Gasteiger partial charge is 0.544 e. The van der Waals surface area contributed by atoms with Crippen LogP contribution in [-0.4, -0.2) is 16.4 Å². The second kappa shape index (κ2) is 7.03. The quantitative estimate of drug-likeness (QED) is 0.572. The lowest BCUT2D eigenvalue weighted by atomic mass is 9.85. The molecular weight excluding hydrogens is 372 g/mol. The van der Waals surface area contributed by atoms with Crippen molar-refractivity contribution in [3.05, 3.63) is 58.7 Å². The van der Waals surface area contributed by atoms with Crippen molar-refractivity contribution in [2.24, 2.45) is 0 Å². The summed E-state index contributed by atoms with van der Waals surface area (Å²) in [6.07, 6.45) is 5.70. The van der Waals surface area contributed by atoms with Gasteiger partial charge in [-0.3, -0.25) is 0 Å². The van der Waals surface area contributed by atoms with Gasteiger partial charge in [0, 0.05) is 0 Å². The number of rotatable bonds is 4. The van der Waals surface area contributed by atoms with E-state index >= 15 is 0 Å². The SMILES string of the molecule is Cc1cc(C(C)(C)C)c(O[Si](C)(C)C)c([Si](C)(C)c2cccc3c2C=CC3)c1. The molecule has 1 aliphatic rings. The molecule has 0 N–H and O–H groups in total. The van der Waals surface area contributed by atoms with Crippen molar-refractivity contribution in [1.82, 2.24) is 0 Å². The molecule has 0 unspecified atom stereocenters. The van der Waals surface area contributed by atoms with E-state index in [9.17, 15) is 0 Å². The highest BCUT2D eigenvalue weighted by atomic mass is 28.4. The number of fused-ring (bicyclic) bond motifs is 1. The van der Waals surface area contributed by atoms with E-state index in [4.69, 9.17) is 4.43 Å². The fourth-order valence-corrected chi connectivity index (χ4v) is 8.19. The molecule has 3 rings (SSSR count). The van der Waals surface area contributed by atoms with E-state index in [2.05, 4.69) is 103 Å². The van der Waals surface area contributed by atoms with Gasteiger partial charge in [0.2, 0.25) is 8.32 Å². The summed E-state index contributed by atoms with van der Waals surface area (Å²) in [4.78, 5) is 0. The van der Waals surface area contributed by atoms with E-state index in [1.54, 1.807) is 0 Å². The predicted octanol–water partition coefficient (Wildman–Crippen LogP) is 5.90. The van der Waals surface area contributed by atoms with Crippen molar-refractivity contribution in [2.75, 3.05) is 0 Å². The molecule has 0 heterocycles. The normalized spacial score (nSPS) is 14.3. The predicted molar refractivity (Wildman–Crippen MR) is 130 cm³/mol. The maximum Gasteiger partial charge on any atom is 0.242 e. The van der Waals surface area contributed by atoms with E-state index in [1.165, 1.54) is 38.4 Å². The van der Waals surface area contributed by atoms with Crippen molar-refractivity contribution < 1.29 is 4.43 Å². The van der Waals surface area contributed by atoms with Crippen LogP contribution in [0, 0.1) is 6.92 Å². The van der Waals surface area contributed by atoms with Gasteiger partial charge in [0.1, 0.15) is 13.8 Å². The lowest BCUT2D eigenvalue weighted by Crippen LogP contribution is -2.55. The molecule has 0 saturated carbocycles. The Kier molecular flexibility index (Phi) is 5.31. The van der Waals surface area contributed by atoms with Crippen molar-refractivity contribution in [3.63, 3.8) is 0 Å². The van der Waals surface area contributed by atoms with Gasteiger partial charge in [-0.05, 0) is 65.5 Å². The van der Waals surface area contributed by atoms with Crippen molar-refractivity contribution >= 4 is 32.8 Å². The molecule has 0 atom stereocenters. The first-order valence-electron chi connectivity index (χ1n) is 10.4. The van der Waals surface area contributed by atoms with E-state index in [-0.39, 0.29) is 5.41 Å². The number of aryl methyl sites for hydroxylation is 1. The van der Waals surface area contributed by atoms with Gasteiger partial charge < -0.3 is 4.43 Å². The number of allylic oxidation sites excluding steroid dienone is 1. The Morgan fingerprint density at radius 3 is 2.21 bits per heavy atom. The molecule has 2 aromatic carbocycles. The summed E-state index contributed by atoms with van der Waals surface area (Å²) in [6, 6.07) is 11.6. The molecule has 0 radical (unpaired) electrons. The zero-order chi connectivity index (χ0) is 20.9. The number of benzene rings is 2. The Morgan fingerprint density at radius 2 is 1.61 bits per heavy atom. The second-order valence-corrected chi connectivity index (χ2v) is 19.5. The highest BCUT2D eigenvalue weighted by Crippen LogP contribution is 2.34. The summed E-state index contributed by atoms with van der Waals surface area (Å²) in [6.45, 7) is 21.0. The summed E-state index contributed by atoms with van der Waals surface area (Å²) in [7, 11) is -3.70. The monoisotopic (exact) mass is 408 g/mol. The van der Waals surface area contributed by atoms with Crippen LogP contribution in [0.5, 0.6) is 5.75 Å². The van der Waals surface area contributed by atoms with Crippen LogP contribution in [-0.2, 0) is 11.8 Å². The van der Waals surface area contributed by atoms with Crippen molar-refractivity contribution in [3.8, 4) is 5.75 Å². The van der Waals surface area contributed by atoms with Crippen LogP contribution in [0.4, 0.5) is 0 Å². The summed E-state index contributed by atoms with van der Waals surface area (Å²) in [5.41, 5.74) is 5.67. The van der Waals surface area contributed by atoms with Crippen LogP contribution in [0.25, 0.3) is 6.08 Å². The van der Waals surface area contributed by atoms with Gasteiger partial charge in [0.05, 0.1) is 0 Å². The van der Waals surface area contributed by atoms with Crippen LogP contribution >= 0.6 is 0 Å². The molecule has 0 aromatic heterocycles. The van der Waals surface area contributed by atoms with Gasteiger partial charge in [-0.1, -0.05) is 81.9 Å². The van der Waals surface area contributed by atoms with E-state index in [0.717, 1.165) is 6.42 Å². The van der Waals surface area contributed by atoms with Crippen LogP contribution in [0.3, 0.4) is 0 Å². The maximum atomic E-state index is 6.83. The highest BCUT2D eigenvalue weighted by Gasteiger charge is 2.36. The van der Waals surface area contributed by atoms with Crippen molar-refractivity contribution in [1.29, 1.82) is 0 Å². The molecular formula is C25H36OSi2. The summed E-state index contributed by atoms with van der Waals surface area (Å²) < 4.78 is 6.83. The molecule has 0 fully saturated rings. The van der Waals surface area contributed by atoms with Gasteiger partial charge in [0.15, 0.2) is 0 Å². The Labute approximate surface area is 174 Å². The summed E-state index contributed by atoms with van der Waals surface area (Å²) in [5, 5.41) is 2.98. The average molecular weight is 409 g/mol. The zero-order valence-electron chi connectivity index (χ0n) is 19.2. The zero-order valence-corrected chi connectivity index (χ0v) is 21.2. The first-order chi connectivity index (χ1) is 12.8. The van der Waals surface area contributed by atoms with E-state index in [0.29, 0.717) is 0 Å². The Hall–Kier alpha value is -1.59. The van der Waals surface area contributed by atoms with Gasteiger partial charge in [-0.15, -0.1) is 0 Å². The molecule has 0 amide bonds. The first-order valence-corrected chi connectivity index (χ1v) is 16.8. The molecule has 1 aliphatic carbocycles. The molecule has 3 heteroatoms. The smallest absolute Gasteiger partial charge is 0.242 e. The average Bonchev–Trinajstić information content (AvgIpc) is 3.02. The number of hydrogen-bond acceptors (Lipinski definition) is 1. The minimum Gasteiger partial charge on any atom is -0.544 e. The lowest BCUT2D eigenvalue weighted by molar-refractivity contribution is 0.511. The third-order valence-electron chi connectivity index (χ3n) is 5.61. The summed E-state index contributed by atoms with van der Waals surface area (Å²) in [5.74, 6) is 1.17. The van der Waals surface area contributed by atoms with Gasteiger partial charge >= 0.3 is 0 Å². The molecule has 150 valence electrons. The third kappa shape index (κ3) is 4.06. The Bertz CT molecular complexity index is 925. The Morgan fingerprint density at radius 1 is 0.929 bits per heavy atom. The van der Waals surface area contributed by atoms with Crippen molar-refractivity contribution in [2.45, 2.75) is 72.3 Å². The van der Waals surface area contributed by atoms with Crippen LogP contribution in [0.2, 0.25) is 32.7 Å². The molecule has 0 saturated heterocycles. The first kappa shape index (κ1) is 21.1. The van der Waals surface area contributed by atoms with Crippen LogP contribution in [0.15, 0.2) is 36.4 Å². The topological polar surface area (TPSA) is 9.23 Å². The fraction of sp³-hybridized carbons (Fsp3) is 0.440. The standard InChI is InChI=1S/C25H36OSi2/c1-18-16-21(25(2,3)4)24(26-27(5,6)7)23(17-18)28(8,9)22-15-11-13-19-12-10-14-20(19)22/h10-11,13-17H,12H2,1-9H3. The van der Waals surface area contributed by atoms with Crippen LogP contribution in [0.1, 0.15) is 43.0 Å². The maximum absolute atomic E-state index is 6.83. The fourth-order valence-electron chi connectivity index (χ4n) is 4.19. The number of hydrogen-bond donors (Lipinski definition) is 0. The molecule has 0 bridgehead atoms. The minimum atomic E-state index is -1.95. The molecule has 28 heavy (non-hydrogen) atoms. The molecule has 0 spiro atoms. The molecule has 1 nitrogen and oxygen atoms in total. The Balaban J connectivity index is 2.30. The van der Waals surface area contributed by atoms with Gasteiger partial charge in [-0.2, -0.15) is 0 Å². The third-order valence-corrected chi connectivity index (χ3v) is 9.93. The minimum absolute atomic E-state index is 0.0543. The van der Waals surface area contributed by atoms with Gasteiger partial charge in [0.25, 0.3) is 0 Å². The van der Waals surface area contributed by atoms with E-state index < -0.39 is 16.4 Å². The van der Waals surface area contributed by atoms with Crippen LogP contribution < -0.4 is 14.8 Å². The highest BCUT2D eigenvalue weighted by molar-refractivity contribution is 7.01. The molecule has 0 aliphatic heterocycles. The summed E-state index contributed by atoms with van der Waals surface area (Å²) >= 11 is 0.